The monoisotopic (exact) mass is 534 g/mol. The Morgan fingerprint density at radius 2 is 1.75 bits per heavy atom. The van der Waals surface area contributed by atoms with Gasteiger partial charge in [-0.05, 0) is 0 Å². The van der Waals surface area contributed by atoms with Crippen LogP contribution in [0.5, 0.6) is 0 Å². The van der Waals surface area contributed by atoms with Crippen molar-refractivity contribution < 1.29 is 70.1 Å². The number of phosphoric acid groups is 3. The minimum Gasteiger partial charge on any atom is -0.384 e. The van der Waals surface area contributed by atoms with E-state index in [0.717, 1.165) is 0 Å². The molecule has 0 radical (unpaired) electrons. The molecule has 22 heteroatoms. The molecule has 1 aliphatic rings. The van der Waals surface area contributed by atoms with Gasteiger partial charge in [-0.3, -0.25) is 18.9 Å². The molecular weight excluding hydrogens is 519 g/mol. The summed E-state index contributed by atoms with van der Waals surface area (Å²) in [5.74, 6) is -3.77. The van der Waals surface area contributed by atoms with Crippen molar-refractivity contribution in [3.63, 3.8) is 0 Å². The van der Waals surface area contributed by atoms with E-state index in [-0.39, 0.29) is 4.57 Å². The Balaban J connectivity index is 2.27. The second kappa shape index (κ2) is 8.88. The summed E-state index contributed by atoms with van der Waals surface area (Å²) in [5, 5.41) is 20.3. The van der Waals surface area contributed by atoms with E-state index in [1.165, 1.54) is 0 Å². The summed E-state index contributed by atoms with van der Waals surface area (Å²) in [6.07, 6.45) is -4.63. The lowest BCUT2D eigenvalue weighted by atomic mass is 9.94. The SMILES string of the molecule is O=c1ccn([C@@H]2O[C@](F)(COP(=O)(O)OP(=O)(O)OP(=O)(O)O)[C@@H](O)[C@]2(O)CF)c(=O)[nH]1. The highest BCUT2D eigenvalue weighted by Crippen LogP contribution is 2.66. The van der Waals surface area contributed by atoms with Crippen molar-refractivity contribution >= 4 is 23.5 Å². The first kappa shape index (κ1) is 27.1. The molecule has 7 N–H and O–H groups in total. The summed E-state index contributed by atoms with van der Waals surface area (Å²) in [6, 6.07) is 0.695. The number of nitrogens with one attached hydrogen (secondary N) is 1. The Morgan fingerprint density at radius 1 is 1.16 bits per heavy atom. The fourth-order valence-corrected chi connectivity index (χ4v) is 5.53. The number of alkyl halides is 2. The highest BCUT2D eigenvalue weighted by Gasteiger charge is 2.66. The van der Waals surface area contributed by atoms with Gasteiger partial charge in [0.1, 0.15) is 13.3 Å². The Kier molecular flexibility index (Phi) is 7.52. The smallest absolute Gasteiger partial charge is 0.384 e. The fraction of sp³-hybridized carbons (Fsp3) is 0.600. The van der Waals surface area contributed by atoms with Crippen LogP contribution in [-0.2, 0) is 31.6 Å². The zero-order valence-electron chi connectivity index (χ0n) is 15.1. The van der Waals surface area contributed by atoms with E-state index in [0.29, 0.717) is 12.3 Å². The average Bonchev–Trinajstić information content (AvgIpc) is 2.80. The maximum Gasteiger partial charge on any atom is 0.490 e. The molecule has 2 rings (SSSR count). The van der Waals surface area contributed by atoms with Crippen molar-refractivity contribution in [3.05, 3.63) is 33.1 Å². The molecule has 0 spiro atoms. The van der Waals surface area contributed by atoms with Gasteiger partial charge in [0.25, 0.3) is 11.4 Å². The van der Waals surface area contributed by atoms with Gasteiger partial charge in [-0.15, -0.1) is 0 Å². The number of nitrogens with zero attached hydrogens (tertiary/aromatic N) is 1. The van der Waals surface area contributed by atoms with Crippen LogP contribution in [0.4, 0.5) is 8.78 Å². The molecule has 1 saturated heterocycles. The summed E-state index contributed by atoms with van der Waals surface area (Å²) in [5.41, 5.74) is -5.48. The number of hydrogen-bond acceptors (Lipinski definition) is 11. The van der Waals surface area contributed by atoms with Crippen molar-refractivity contribution in [2.45, 2.75) is 23.8 Å². The molecule has 1 fully saturated rings. The zero-order chi connectivity index (χ0) is 24.8. The molecule has 2 unspecified atom stereocenters. The first-order valence-corrected chi connectivity index (χ1v) is 12.3. The van der Waals surface area contributed by atoms with Gasteiger partial charge in [-0.25, -0.2) is 27.3 Å². The van der Waals surface area contributed by atoms with E-state index in [1.54, 1.807) is 4.98 Å². The summed E-state index contributed by atoms with van der Waals surface area (Å²) in [7, 11) is -17.5. The molecule has 1 aliphatic heterocycles. The quantitative estimate of drug-likeness (QED) is 0.171. The minimum absolute atomic E-state index is 0.274. The summed E-state index contributed by atoms with van der Waals surface area (Å²) >= 11 is 0. The molecular formula is C10H15F2N2O15P3. The van der Waals surface area contributed by atoms with Crippen molar-refractivity contribution in [1.29, 1.82) is 0 Å². The summed E-state index contributed by atoms with van der Waals surface area (Å²) < 4.78 is 77.8. The molecule has 32 heavy (non-hydrogen) atoms. The predicted molar refractivity (Wildman–Crippen MR) is 92.0 cm³/mol. The third-order valence-corrected chi connectivity index (χ3v) is 7.56. The van der Waals surface area contributed by atoms with Crippen LogP contribution in [0, 0.1) is 0 Å². The Morgan fingerprint density at radius 3 is 2.25 bits per heavy atom. The van der Waals surface area contributed by atoms with Crippen molar-refractivity contribution in [2.24, 2.45) is 0 Å². The maximum absolute atomic E-state index is 15.1. The van der Waals surface area contributed by atoms with Gasteiger partial charge in [-0.2, -0.15) is 8.62 Å². The maximum atomic E-state index is 15.1. The van der Waals surface area contributed by atoms with E-state index >= 15 is 4.39 Å². The summed E-state index contributed by atoms with van der Waals surface area (Å²) in [4.78, 5) is 59.9. The lowest BCUT2D eigenvalue weighted by Gasteiger charge is -2.28. The highest BCUT2D eigenvalue weighted by atomic mass is 31.3. The number of rotatable bonds is 9. The van der Waals surface area contributed by atoms with E-state index < -0.39 is 71.8 Å². The first-order valence-electron chi connectivity index (χ1n) is 7.77. The van der Waals surface area contributed by atoms with Crippen molar-refractivity contribution in [1.82, 2.24) is 9.55 Å². The highest BCUT2D eigenvalue weighted by molar-refractivity contribution is 7.66. The molecule has 0 bridgehead atoms. The van der Waals surface area contributed by atoms with E-state index in [9.17, 15) is 42.8 Å². The van der Waals surface area contributed by atoms with Crippen LogP contribution in [0.25, 0.3) is 0 Å². The van der Waals surface area contributed by atoms with Crippen molar-refractivity contribution in [2.75, 3.05) is 13.3 Å². The summed E-state index contributed by atoms with van der Waals surface area (Å²) in [6.45, 7) is -3.87. The average molecular weight is 534 g/mol. The fourth-order valence-electron chi connectivity index (χ4n) is 2.49. The largest absolute Gasteiger partial charge is 0.490 e. The number of aliphatic hydroxyl groups is 2. The molecule has 184 valence electrons. The van der Waals surface area contributed by atoms with Gasteiger partial charge in [0.15, 0.2) is 17.9 Å². The van der Waals surface area contributed by atoms with Gasteiger partial charge in [0.05, 0.1) is 0 Å². The van der Waals surface area contributed by atoms with Crippen molar-refractivity contribution in [3.8, 4) is 0 Å². The van der Waals surface area contributed by atoms with Crippen LogP contribution < -0.4 is 11.2 Å². The number of ether oxygens (including phenoxy) is 1. The molecule has 0 saturated carbocycles. The molecule has 1 aromatic heterocycles. The van der Waals surface area contributed by atoms with Crippen LogP contribution in [0.1, 0.15) is 6.23 Å². The molecule has 6 atom stereocenters. The molecule has 1 aromatic rings. The van der Waals surface area contributed by atoms with E-state index in [4.69, 9.17) is 14.7 Å². The second-order valence-corrected chi connectivity index (χ2v) is 10.6. The van der Waals surface area contributed by atoms with Gasteiger partial charge < -0.3 is 34.5 Å². The molecule has 17 nitrogen and oxygen atoms in total. The number of aromatic nitrogens is 2. The third-order valence-electron chi connectivity index (χ3n) is 3.78. The normalized spacial score (nSPS) is 32.4. The van der Waals surface area contributed by atoms with Crippen LogP contribution in [0.3, 0.4) is 0 Å². The minimum atomic E-state index is -5.95. The number of aromatic amines is 1. The lowest BCUT2D eigenvalue weighted by Crippen LogP contribution is -2.53. The molecule has 0 amide bonds. The number of aliphatic hydroxyl groups excluding tert-OH is 1. The van der Waals surface area contributed by atoms with Crippen LogP contribution in [-0.4, -0.2) is 70.2 Å². The molecule has 2 heterocycles. The van der Waals surface area contributed by atoms with Gasteiger partial charge in [-0.1, -0.05) is 0 Å². The van der Waals surface area contributed by atoms with E-state index in [1.807, 2.05) is 0 Å². The molecule has 0 aromatic carbocycles. The zero-order valence-corrected chi connectivity index (χ0v) is 17.8. The standard InChI is InChI=1S/C10H15F2N2O15P3/c11-3-9(18)6(16)10(12,27-7(9)14-2-1-5(15)13-8(14)17)4-26-31(22,23)29-32(24,25)28-30(19,20)21/h1-2,6-7,16,18H,3-4H2,(H,22,23)(H,24,25)(H,13,15,17)(H2,19,20,21)/t6-,7+,9+,10+/m0/s1. The predicted octanol–water partition coefficient (Wildman–Crippen LogP) is -1.86. The Hall–Kier alpha value is -1.17. The Bertz CT molecular complexity index is 1120. The number of hydrogen-bond donors (Lipinski definition) is 7. The van der Waals surface area contributed by atoms with Crippen LogP contribution in [0.15, 0.2) is 21.9 Å². The van der Waals surface area contributed by atoms with Gasteiger partial charge >= 0.3 is 29.2 Å². The lowest BCUT2D eigenvalue weighted by molar-refractivity contribution is -0.205. The first-order chi connectivity index (χ1) is 14.3. The number of phosphoric ester groups is 1. The van der Waals surface area contributed by atoms with Crippen LogP contribution in [0.2, 0.25) is 0 Å². The van der Waals surface area contributed by atoms with Crippen LogP contribution >= 0.6 is 23.5 Å². The second-order valence-electron chi connectivity index (χ2n) is 6.17. The molecule has 0 aliphatic carbocycles. The van der Waals surface area contributed by atoms with Gasteiger partial charge in [0, 0.05) is 12.3 Å². The Labute approximate surface area is 174 Å². The number of halogens is 2. The topological polar surface area (TPSA) is 264 Å². The van der Waals surface area contributed by atoms with E-state index in [2.05, 4.69) is 17.9 Å². The van der Waals surface area contributed by atoms with Gasteiger partial charge in [0.2, 0.25) is 0 Å². The number of H-pyrrole nitrogens is 1. The third kappa shape index (κ3) is 6.03.